The molecule has 84 valence electrons. The maximum absolute atomic E-state index is 13.0. The molecule has 0 saturated carbocycles. The first-order valence-corrected chi connectivity index (χ1v) is 5.00. The highest BCUT2D eigenvalue weighted by Crippen LogP contribution is 2.14. The number of benzene rings is 1. The summed E-state index contributed by atoms with van der Waals surface area (Å²) in [5.74, 6) is 4.21. The van der Waals surface area contributed by atoms with Gasteiger partial charge >= 0.3 is 5.97 Å². The Labute approximate surface area is 94.4 Å². The maximum atomic E-state index is 13.0. The molecule has 16 heavy (non-hydrogen) atoms. The van der Waals surface area contributed by atoms with Crippen molar-refractivity contribution in [2.75, 3.05) is 6.61 Å². The molecule has 0 heterocycles. The van der Waals surface area contributed by atoms with Crippen LogP contribution in [0.4, 0.5) is 4.39 Å². The molecule has 0 N–H and O–H groups in total. The number of ether oxygens (including phenoxy) is 1. The highest BCUT2D eigenvalue weighted by molar-refractivity contribution is 5.89. The molecule has 1 aromatic carbocycles. The van der Waals surface area contributed by atoms with Crippen LogP contribution in [0.3, 0.4) is 0 Å². The summed E-state index contributed by atoms with van der Waals surface area (Å²) in [5.41, 5.74) is 2.11. The predicted molar refractivity (Wildman–Crippen MR) is 59.4 cm³/mol. The van der Waals surface area contributed by atoms with Gasteiger partial charge in [-0.2, -0.15) is 0 Å². The van der Waals surface area contributed by atoms with Crippen LogP contribution in [0.5, 0.6) is 0 Å². The van der Waals surface area contributed by atoms with E-state index in [2.05, 4.69) is 16.6 Å². The summed E-state index contributed by atoms with van der Waals surface area (Å²) in [6, 6.07) is 2.78. The van der Waals surface area contributed by atoms with Gasteiger partial charge in [0.1, 0.15) is 5.82 Å². The largest absolute Gasteiger partial charge is 0.456 e. The summed E-state index contributed by atoms with van der Waals surface area (Å²) in [7, 11) is 0. The third-order valence-corrected chi connectivity index (χ3v) is 2.06. The monoisotopic (exact) mass is 220 g/mol. The molecule has 1 aromatic rings. The zero-order valence-corrected chi connectivity index (χ0v) is 9.56. The lowest BCUT2D eigenvalue weighted by Gasteiger charge is -2.02. The van der Waals surface area contributed by atoms with Crippen LogP contribution in [0.15, 0.2) is 12.1 Å². The van der Waals surface area contributed by atoms with E-state index in [1.54, 1.807) is 20.8 Å². The van der Waals surface area contributed by atoms with E-state index in [-0.39, 0.29) is 5.82 Å². The van der Waals surface area contributed by atoms with Gasteiger partial charge in [0, 0.05) is 11.5 Å². The predicted octanol–water partition coefficient (Wildman–Crippen LogP) is 2.36. The highest BCUT2D eigenvalue weighted by atomic mass is 19.1. The number of aryl methyl sites for hydroxylation is 2. The minimum Gasteiger partial charge on any atom is -0.456 e. The van der Waals surface area contributed by atoms with Gasteiger partial charge in [-0.1, -0.05) is 5.92 Å². The van der Waals surface area contributed by atoms with Crippen LogP contribution in [-0.4, -0.2) is 12.6 Å². The van der Waals surface area contributed by atoms with Gasteiger partial charge in [0.05, 0.1) is 6.61 Å². The Balaban J connectivity index is 3.01. The number of hydrogen-bond donors (Lipinski definition) is 0. The van der Waals surface area contributed by atoms with Crippen LogP contribution >= 0.6 is 0 Å². The van der Waals surface area contributed by atoms with Crippen molar-refractivity contribution >= 4 is 5.97 Å². The molecule has 0 bridgehead atoms. The summed E-state index contributed by atoms with van der Waals surface area (Å²) in [5, 5.41) is 0. The van der Waals surface area contributed by atoms with Gasteiger partial charge in [-0.15, -0.1) is 0 Å². The zero-order chi connectivity index (χ0) is 12.1. The topological polar surface area (TPSA) is 26.3 Å². The molecule has 1 rings (SSSR count). The zero-order valence-electron chi connectivity index (χ0n) is 9.56. The molecule has 2 nitrogen and oxygen atoms in total. The fourth-order valence-electron chi connectivity index (χ4n) is 1.39. The van der Waals surface area contributed by atoms with Gasteiger partial charge in [-0.3, -0.25) is 0 Å². The third-order valence-electron chi connectivity index (χ3n) is 2.06. The van der Waals surface area contributed by atoms with Crippen molar-refractivity contribution in [1.29, 1.82) is 0 Å². The van der Waals surface area contributed by atoms with Crippen LogP contribution in [0, 0.1) is 31.5 Å². The van der Waals surface area contributed by atoms with Gasteiger partial charge < -0.3 is 4.74 Å². The molecular weight excluding hydrogens is 207 g/mol. The third kappa shape index (κ3) is 3.09. The van der Waals surface area contributed by atoms with Crippen molar-refractivity contribution in [3.8, 4) is 11.8 Å². The smallest absolute Gasteiger partial charge is 0.384 e. The average molecular weight is 220 g/mol. The first-order valence-electron chi connectivity index (χ1n) is 5.00. The molecule has 0 amide bonds. The van der Waals surface area contributed by atoms with E-state index in [1.807, 2.05) is 0 Å². The number of esters is 1. The van der Waals surface area contributed by atoms with Gasteiger partial charge in [-0.05, 0) is 44.0 Å². The molecule has 0 radical (unpaired) electrons. The van der Waals surface area contributed by atoms with Crippen LogP contribution < -0.4 is 0 Å². The van der Waals surface area contributed by atoms with E-state index in [9.17, 15) is 9.18 Å². The Morgan fingerprint density at radius 3 is 2.44 bits per heavy atom. The summed E-state index contributed by atoms with van der Waals surface area (Å²) in [4.78, 5) is 11.0. The van der Waals surface area contributed by atoms with E-state index < -0.39 is 5.97 Å². The lowest BCUT2D eigenvalue weighted by Crippen LogP contribution is -2.00. The molecule has 0 aliphatic rings. The Bertz CT molecular complexity index is 444. The van der Waals surface area contributed by atoms with E-state index in [0.29, 0.717) is 23.3 Å². The summed E-state index contributed by atoms with van der Waals surface area (Å²) in [6.07, 6.45) is 0. The Hall–Kier alpha value is -1.82. The van der Waals surface area contributed by atoms with Crippen molar-refractivity contribution in [2.24, 2.45) is 0 Å². The fraction of sp³-hybridized carbons (Fsp3) is 0.308. The standard InChI is InChI=1S/C13H13FO2/c1-4-16-13(15)6-5-12-9(2)7-11(14)8-10(12)3/h7-8H,4H2,1-3H3. The second-order valence-electron chi connectivity index (χ2n) is 3.39. The molecule has 0 aliphatic carbocycles. The molecule has 3 heteroatoms. The van der Waals surface area contributed by atoms with E-state index in [0.717, 1.165) is 0 Å². The Morgan fingerprint density at radius 1 is 1.38 bits per heavy atom. The van der Waals surface area contributed by atoms with Crippen LogP contribution in [0.1, 0.15) is 23.6 Å². The number of halogens is 1. The molecule has 0 spiro atoms. The SMILES string of the molecule is CCOC(=O)C#Cc1c(C)cc(F)cc1C. The highest BCUT2D eigenvalue weighted by Gasteiger charge is 2.03. The van der Waals surface area contributed by atoms with Gasteiger partial charge in [0.2, 0.25) is 0 Å². The van der Waals surface area contributed by atoms with E-state index in [4.69, 9.17) is 0 Å². The Kier molecular flexibility index (Phi) is 4.07. The number of rotatable bonds is 1. The van der Waals surface area contributed by atoms with Crippen molar-refractivity contribution in [3.05, 3.63) is 34.6 Å². The summed E-state index contributed by atoms with van der Waals surface area (Å²) in [6.45, 7) is 5.53. The summed E-state index contributed by atoms with van der Waals surface area (Å²) >= 11 is 0. The molecule has 0 fully saturated rings. The van der Waals surface area contributed by atoms with Crippen LogP contribution in [0.25, 0.3) is 0 Å². The average Bonchev–Trinajstić information content (AvgIpc) is 2.16. The van der Waals surface area contributed by atoms with Crippen LogP contribution in [-0.2, 0) is 9.53 Å². The first-order chi connectivity index (χ1) is 7.54. The molecule has 0 aromatic heterocycles. The molecular formula is C13H13FO2. The molecule has 0 saturated heterocycles. The maximum Gasteiger partial charge on any atom is 0.384 e. The lowest BCUT2D eigenvalue weighted by atomic mass is 10.0. The van der Waals surface area contributed by atoms with Gasteiger partial charge in [-0.25, -0.2) is 9.18 Å². The van der Waals surface area contributed by atoms with Gasteiger partial charge in [0.15, 0.2) is 0 Å². The fourth-order valence-corrected chi connectivity index (χ4v) is 1.39. The van der Waals surface area contributed by atoms with E-state index >= 15 is 0 Å². The van der Waals surface area contributed by atoms with Crippen molar-refractivity contribution in [2.45, 2.75) is 20.8 Å². The van der Waals surface area contributed by atoms with Crippen molar-refractivity contribution in [1.82, 2.24) is 0 Å². The molecule has 0 atom stereocenters. The minimum atomic E-state index is -0.564. The number of carbonyl (C=O) groups is 1. The van der Waals surface area contributed by atoms with Crippen molar-refractivity contribution < 1.29 is 13.9 Å². The quantitative estimate of drug-likeness (QED) is 0.536. The summed E-state index contributed by atoms with van der Waals surface area (Å²) < 4.78 is 17.7. The van der Waals surface area contributed by atoms with Gasteiger partial charge in [0.25, 0.3) is 0 Å². The van der Waals surface area contributed by atoms with Crippen molar-refractivity contribution in [3.63, 3.8) is 0 Å². The molecule has 0 aliphatic heterocycles. The second kappa shape index (κ2) is 5.32. The molecule has 0 unspecified atom stereocenters. The van der Waals surface area contributed by atoms with Crippen LogP contribution in [0.2, 0.25) is 0 Å². The lowest BCUT2D eigenvalue weighted by molar-refractivity contribution is -0.136. The number of hydrogen-bond acceptors (Lipinski definition) is 2. The normalized spacial score (nSPS) is 9.25. The number of carbonyl (C=O) groups excluding carboxylic acids is 1. The minimum absolute atomic E-state index is 0.295. The second-order valence-corrected chi connectivity index (χ2v) is 3.39. The first kappa shape index (κ1) is 12.3. The van der Waals surface area contributed by atoms with E-state index in [1.165, 1.54) is 12.1 Å². The Morgan fingerprint density at radius 2 is 1.94 bits per heavy atom.